The van der Waals surface area contributed by atoms with Crippen LogP contribution >= 0.6 is 0 Å². The third kappa shape index (κ3) is 2.70. The van der Waals surface area contributed by atoms with Crippen molar-refractivity contribution in [2.24, 2.45) is 7.05 Å². The molecule has 100 valence electrons. The van der Waals surface area contributed by atoms with Gasteiger partial charge >= 0.3 is 0 Å². The van der Waals surface area contributed by atoms with E-state index < -0.39 is 0 Å². The van der Waals surface area contributed by atoms with Crippen LogP contribution in [-0.2, 0) is 13.6 Å². The molecule has 2 aromatic rings. The first-order valence-corrected chi connectivity index (χ1v) is 5.81. The van der Waals surface area contributed by atoms with Crippen LogP contribution in [-0.4, -0.2) is 25.9 Å². The lowest BCUT2D eigenvalue weighted by atomic mass is 10.1. The number of hydrogen-bond acceptors (Lipinski definition) is 4. The number of aromatic amines is 1. The summed E-state index contributed by atoms with van der Waals surface area (Å²) in [7, 11) is 1.61. The van der Waals surface area contributed by atoms with E-state index in [9.17, 15) is 9.59 Å². The molecule has 7 nitrogen and oxygen atoms in total. The number of nitrogens with one attached hydrogen (secondary N) is 2. The minimum Gasteiger partial charge on any atom is -0.347 e. The highest BCUT2D eigenvalue weighted by atomic mass is 16.2. The van der Waals surface area contributed by atoms with Gasteiger partial charge in [-0.2, -0.15) is 10.2 Å². The van der Waals surface area contributed by atoms with E-state index in [1.807, 2.05) is 13.8 Å². The smallest absolute Gasteiger partial charge is 0.269 e. The number of hydrogen-bond donors (Lipinski definition) is 2. The zero-order valence-corrected chi connectivity index (χ0v) is 11.0. The van der Waals surface area contributed by atoms with Crippen molar-refractivity contribution in [3.63, 3.8) is 0 Å². The van der Waals surface area contributed by atoms with Gasteiger partial charge in [-0.3, -0.25) is 19.4 Å². The molecule has 0 unspecified atom stereocenters. The van der Waals surface area contributed by atoms with E-state index in [-0.39, 0.29) is 11.5 Å². The Morgan fingerprint density at radius 2 is 2.21 bits per heavy atom. The van der Waals surface area contributed by atoms with Crippen molar-refractivity contribution in [3.05, 3.63) is 45.1 Å². The third-order valence-electron chi connectivity index (χ3n) is 3.02. The van der Waals surface area contributed by atoms with Crippen LogP contribution in [0.15, 0.2) is 17.1 Å². The minimum absolute atomic E-state index is 0.293. The lowest BCUT2D eigenvalue weighted by molar-refractivity contribution is 0.0941. The normalized spacial score (nSPS) is 10.5. The molecule has 2 heterocycles. The predicted octanol–water partition coefficient (Wildman–Crippen LogP) is 0.0502. The zero-order valence-electron chi connectivity index (χ0n) is 11.0. The van der Waals surface area contributed by atoms with Crippen molar-refractivity contribution in [2.75, 3.05) is 0 Å². The van der Waals surface area contributed by atoms with Gasteiger partial charge in [-0.15, -0.1) is 0 Å². The summed E-state index contributed by atoms with van der Waals surface area (Å²) in [5, 5.41) is 13.0. The molecule has 0 fully saturated rings. The summed E-state index contributed by atoms with van der Waals surface area (Å²) < 4.78 is 1.39. The number of aromatic nitrogens is 4. The first-order valence-electron chi connectivity index (χ1n) is 5.81. The lowest BCUT2D eigenvalue weighted by Crippen LogP contribution is -2.25. The minimum atomic E-state index is -0.310. The van der Waals surface area contributed by atoms with Gasteiger partial charge in [0.2, 0.25) is 0 Å². The second-order valence-electron chi connectivity index (χ2n) is 4.33. The molecule has 0 saturated heterocycles. The molecule has 0 spiro atoms. The van der Waals surface area contributed by atoms with Crippen LogP contribution in [0.5, 0.6) is 0 Å². The van der Waals surface area contributed by atoms with Gasteiger partial charge in [0.15, 0.2) is 0 Å². The van der Waals surface area contributed by atoms with Gasteiger partial charge < -0.3 is 5.32 Å². The fraction of sp³-hybridized carbons (Fsp3) is 0.333. The molecule has 0 aliphatic heterocycles. The molecule has 0 bridgehead atoms. The Hall–Kier alpha value is -2.44. The molecule has 0 aromatic carbocycles. The molecule has 2 rings (SSSR count). The second-order valence-corrected chi connectivity index (χ2v) is 4.33. The molecule has 0 aliphatic rings. The molecule has 0 radical (unpaired) electrons. The first kappa shape index (κ1) is 13.0. The Bertz CT molecular complexity index is 671. The number of aryl methyl sites for hydroxylation is 2. The van der Waals surface area contributed by atoms with Gasteiger partial charge in [0, 0.05) is 19.7 Å². The Morgan fingerprint density at radius 1 is 1.47 bits per heavy atom. The maximum atomic E-state index is 11.9. The van der Waals surface area contributed by atoms with E-state index >= 15 is 0 Å². The number of amides is 1. The van der Waals surface area contributed by atoms with Crippen LogP contribution in [0.25, 0.3) is 0 Å². The highest BCUT2D eigenvalue weighted by Crippen LogP contribution is 2.08. The van der Waals surface area contributed by atoms with Crippen LogP contribution in [0.2, 0.25) is 0 Å². The van der Waals surface area contributed by atoms with Crippen molar-refractivity contribution < 1.29 is 4.79 Å². The highest BCUT2D eigenvalue weighted by Gasteiger charge is 2.11. The molecule has 0 atom stereocenters. The molecule has 2 aromatic heterocycles. The van der Waals surface area contributed by atoms with Gasteiger partial charge in [0.1, 0.15) is 5.69 Å². The average Bonchev–Trinajstić information content (AvgIpc) is 2.70. The van der Waals surface area contributed by atoms with Crippen LogP contribution < -0.4 is 10.9 Å². The summed E-state index contributed by atoms with van der Waals surface area (Å²) in [5.41, 5.74) is 2.73. The van der Waals surface area contributed by atoms with Crippen molar-refractivity contribution in [1.29, 1.82) is 0 Å². The van der Waals surface area contributed by atoms with Gasteiger partial charge in [0.25, 0.3) is 11.5 Å². The molecular formula is C12H15N5O2. The Kier molecular flexibility index (Phi) is 3.46. The monoisotopic (exact) mass is 261 g/mol. The van der Waals surface area contributed by atoms with Gasteiger partial charge in [0.05, 0.1) is 11.9 Å². The van der Waals surface area contributed by atoms with E-state index in [4.69, 9.17) is 0 Å². The van der Waals surface area contributed by atoms with E-state index in [1.54, 1.807) is 13.2 Å². The van der Waals surface area contributed by atoms with E-state index in [0.717, 1.165) is 16.8 Å². The summed E-state index contributed by atoms with van der Waals surface area (Å²) in [6.45, 7) is 4.14. The van der Waals surface area contributed by atoms with Crippen LogP contribution in [0.1, 0.15) is 27.3 Å². The molecule has 1 amide bonds. The third-order valence-corrected chi connectivity index (χ3v) is 3.02. The van der Waals surface area contributed by atoms with Crippen molar-refractivity contribution in [1.82, 2.24) is 25.3 Å². The van der Waals surface area contributed by atoms with Crippen molar-refractivity contribution >= 4 is 5.91 Å². The zero-order chi connectivity index (χ0) is 14.0. The lowest BCUT2D eigenvalue weighted by Gasteiger charge is -2.08. The first-order chi connectivity index (χ1) is 8.99. The number of carbonyl (C=O) groups excluding carboxylic acids is 1. The summed E-state index contributed by atoms with van der Waals surface area (Å²) in [6, 6.07) is 1.26. The van der Waals surface area contributed by atoms with Gasteiger partial charge in [-0.05, 0) is 25.0 Å². The van der Waals surface area contributed by atoms with E-state index in [2.05, 4.69) is 20.6 Å². The van der Waals surface area contributed by atoms with Crippen LogP contribution in [0, 0.1) is 13.8 Å². The molecule has 0 saturated carbocycles. The molecule has 7 heteroatoms. The van der Waals surface area contributed by atoms with Crippen molar-refractivity contribution in [2.45, 2.75) is 20.4 Å². The fourth-order valence-corrected chi connectivity index (χ4v) is 1.73. The SMILES string of the molecule is Cc1nncc(CNC(=O)c2cc(=O)[nH]n2C)c1C. The Balaban J connectivity index is 2.11. The standard InChI is InChI=1S/C12H15N5O2/c1-7-8(2)15-14-6-9(7)5-13-12(19)10-4-11(18)16-17(10)3/h4,6H,5H2,1-3H3,(H,13,19)(H,16,18). The predicted molar refractivity (Wildman–Crippen MR) is 68.7 cm³/mol. The molecule has 0 aliphatic carbocycles. The topological polar surface area (TPSA) is 92.7 Å². The largest absolute Gasteiger partial charge is 0.347 e. The maximum Gasteiger partial charge on any atom is 0.269 e. The quantitative estimate of drug-likeness (QED) is 0.816. The Labute approximate surface area is 109 Å². The number of nitrogens with zero attached hydrogens (tertiary/aromatic N) is 3. The summed E-state index contributed by atoms with van der Waals surface area (Å²) in [6.07, 6.45) is 1.62. The maximum absolute atomic E-state index is 11.9. The summed E-state index contributed by atoms with van der Waals surface area (Å²) in [5.74, 6) is -0.310. The van der Waals surface area contributed by atoms with E-state index in [1.165, 1.54) is 10.7 Å². The number of rotatable bonds is 3. The van der Waals surface area contributed by atoms with Crippen molar-refractivity contribution in [3.8, 4) is 0 Å². The fourth-order valence-electron chi connectivity index (χ4n) is 1.73. The van der Waals surface area contributed by atoms with Crippen LogP contribution in [0.3, 0.4) is 0 Å². The number of H-pyrrole nitrogens is 1. The van der Waals surface area contributed by atoms with E-state index in [0.29, 0.717) is 12.2 Å². The molecule has 19 heavy (non-hydrogen) atoms. The summed E-state index contributed by atoms with van der Waals surface area (Å²) >= 11 is 0. The molecular weight excluding hydrogens is 246 g/mol. The number of carbonyl (C=O) groups is 1. The van der Waals surface area contributed by atoms with Crippen LogP contribution in [0.4, 0.5) is 0 Å². The Morgan fingerprint density at radius 3 is 2.84 bits per heavy atom. The summed E-state index contributed by atoms with van der Waals surface area (Å²) in [4.78, 5) is 23.0. The molecule has 2 N–H and O–H groups in total. The van der Waals surface area contributed by atoms with Gasteiger partial charge in [-0.1, -0.05) is 0 Å². The van der Waals surface area contributed by atoms with Gasteiger partial charge in [-0.25, -0.2) is 0 Å². The highest BCUT2D eigenvalue weighted by molar-refractivity contribution is 5.92. The average molecular weight is 261 g/mol. The second kappa shape index (κ2) is 5.05.